The number of fused-ring (bicyclic) bond motifs is 1. The summed E-state index contributed by atoms with van der Waals surface area (Å²) in [4.78, 5) is 14.7. The number of para-hydroxylation sites is 1. The number of nitrogens with one attached hydrogen (secondary N) is 3. The maximum atomic E-state index is 12.3. The summed E-state index contributed by atoms with van der Waals surface area (Å²) >= 11 is 0. The Morgan fingerprint density at radius 1 is 1.07 bits per heavy atom. The number of nitrogens with zero attached hydrogens (tertiary/aromatic N) is 1. The lowest BCUT2D eigenvalue weighted by Gasteiger charge is -2.23. The fourth-order valence-electron chi connectivity index (χ4n) is 4.97. The lowest BCUT2D eigenvalue weighted by atomic mass is 9.94. The molecular formula is C24H30N4O. The van der Waals surface area contributed by atoms with Crippen LogP contribution < -0.4 is 20.9 Å². The molecule has 1 spiro atoms. The minimum atomic E-state index is -0.0387. The number of rotatable bonds is 5. The summed E-state index contributed by atoms with van der Waals surface area (Å²) in [6.45, 7) is 4.75. The molecule has 1 unspecified atom stereocenters. The smallest absolute Gasteiger partial charge is 0.315 e. The number of amides is 2. The Hall–Kier alpha value is -2.53. The molecule has 0 aromatic heterocycles. The minimum Gasteiger partial charge on any atom is -0.367 e. The van der Waals surface area contributed by atoms with Gasteiger partial charge in [-0.15, -0.1) is 0 Å². The molecule has 0 bridgehead atoms. The van der Waals surface area contributed by atoms with Crippen LogP contribution in [-0.4, -0.2) is 31.7 Å². The largest absolute Gasteiger partial charge is 0.367 e. The van der Waals surface area contributed by atoms with Gasteiger partial charge in [0.1, 0.15) is 0 Å². The van der Waals surface area contributed by atoms with Gasteiger partial charge in [0.25, 0.3) is 0 Å². The first-order valence-corrected chi connectivity index (χ1v) is 10.9. The highest BCUT2D eigenvalue weighted by molar-refractivity contribution is 5.74. The first kappa shape index (κ1) is 18.5. The molecule has 5 heteroatoms. The first-order valence-electron chi connectivity index (χ1n) is 10.9. The number of carbonyl (C=O) groups excluding carboxylic acids is 1. The van der Waals surface area contributed by atoms with E-state index in [0.29, 0.717) is 18.0 Å². The predicted octanol–water partition coefficient (Wildman–Crippen LogP) is 3.19. The summed E-state index contributed by atoms with van der Waals surface area (Å²) in [5, 5.41) is 9.59. The van der Waals surface area contributed by atoms with E-state index in [4.69, 9.17) is 0 Å². The Balaban J connectivity index is 1.09. The number of piperidine rings is 1. The average molecular weight is 391 g/mol. The molecule has 1 saturated heterocycles. The molecule has 2 aromatic rings. The minimum absolute atomic E-state index is 0.0387. The Morgan fingerprint density at radius 3 is 2.66 bits per heavy atom. The van der Waals surface area contributed by atoms with Gasteiger partial charge in [-0.1, -0.05) is 42.5 Å². The second kappa shape index (κ2) is 7.71. The molecule has 3 aliphatic rings. The monoisotopic (exact) mass is 390 g/mol. The number of benzene rings is 2. The Bertz CT molecular complexity index is 873. The zero-order valence-corrected chi connectivity index (χ0v) is 16.9. The summed E-state index contributed by atoms with van der Waals surface area (Å²) in [5.41, 5.74) is 5.62. The topological polar surface area (TPSA) is 56.4 Å². The molecule has 2 fully saturated rings. The van der Waals surface area contributed by atoms with E-state index in [1.807, 2.05) is 0 Å². The van der Waals surface area contributed by atoms with Crippen molar-refractivity contribution in [2.75, 3.05) is 24.5 Å². The molecule has 5 rings (SSSR count). The van der Waals surface area contributed by atoms with Crippen molar-refractivity contribution in [1.82, 2.24) is 16.0 Å². The van der Waals surface area contributed by atoms with E-state index in [0.717, 1.165) is 44.6 Å². The first-order chi connectivity index (χ1) is 14.2. The van der Waals surface area contributed by atoms with Gasteiger partial charge in [-0.05, 0) is 66.9 Å². The van der Waals surface area contributed by atoms with Crippen molar-refractivity contribution in [2.45, 2.75) is 44.8 Å². The summed E-state index contributed by atoms with van der Waals surface area (Å²) < 4.78 is 0. The van der Waals surface area contributed by atoms with Gasteiger partial charge >= 0.3 is 6.03 Å². The van der Waals surface area contributed by atoms with Gasteiger partial charge in [-0.2, -0.15) is 0 Å². The van der Waals surface area contributed by atoms with Crippen LogP contribution in [0.5, 0.6) is 0 Å². The molecular weight excluding hydrogens is 360 g/mol. The standard InChI is InChI=1S/C24H30N4O/c29-23(27-22-15-24(22)10-12-25-13-11-24)26-16-18-5-7-19(8-6-18)17-28-14-9-20-3-1-2-4-21(20)28/h1-8,22,25H,9-17H2,(H2,26,27,29). The van der Waals surface area contributed by atoms with Gasteiger partial charge in [0.2, 0.25) is 0 Å². The zero-order valence-electron chi connectivity index (χ0n) is 16.9. The van der Waals surface area contributed by atoms with E-state index in [2.05, 4.69) is 69.4 Å². The molecule has 2 aliphatic heterocycles. The van der Waals surface area contributed by atoms with Gasteiger partial charge < -0.3 is 20.9 Å². The van der Waals surface area contributed by atoms with E-state index in [9.17, 15) is 4.79 Å². The van der Waals surface area contributed by atoms with Crippen molar-refractivity contribution in [3.63, 3.8) is 0 Å². The van der Waals surface area contributed by atoms with Crippen molar-refractivity contribution in [2.24, 2.45) is 5.41 Å². The molecule has 5 nitrogen and oxygen atoms in total. The maximum absolute atomic E-state index is 12.3. The Morgan fingerprint density at radius 2 is 1.83 bits per heavy atom. The molecule has 152 valence electrons. The van der Waals surface area contributed by atoms with E-state index in [1.165, 1.54) is 29.7 Å². The molecule has 1 saturated carbocycles. The third-order valence-electron chi connectivity index (χ3n) is 6.93. The average Bonchev–Trinajstić information content (AvgIpc) is 3.22. The van der Waals surface area contributed by atoms with E-state index >= 15 is 0 Å². The number of anilines is 1. The molecule has 1 atom stereocenters. The van der Waals surface area contributed by atoms with Gasteiger partial charge in [-0.3, -0.25) is 0 Å². The van der Waals surface area contributed by atoms with Crippen molar-refractivity contribution < 1.29 is 4.79 Å². The fraction of sp³-hybridized carbons (Fsp3) is 0.458. The van der Waals surface area contributed by atoms with E-state index in [-0.39, 0.29) is 6.03 Å². The number of hydrogen-bond donors (Lipinski definition) is 3. The Labute approximate surface area is 172 Å². The van der Waals surface area contributed by atoms with Gasteiger partial charge in [0, 0.05) is 31.4 Å². The van der Waals surface area contributed by atoms with E-state index in [1.54, 1.807) is 0 Å². The molecule has 3 N–H and O–H groups in total. The van der Waals surface area contributed by atoms with Crippen molar-refractivity contribution in [3.8, 4) is 0 Å². The third kappa shape index (κ3) is 3.97. The molecule has 1 aliphatic carbocycles. The summed E-state index contributed by atoms with van der Waals surface area (Å²) in [6, 6.07) is 17.6. The van der Waals surface area contributed by atoms with E-state index < -0.39 is 0 Å². The summed E-state index contributed by atoms with van der Waals surface area (Å²) in [7, 11) is 0. The predicted molar refractivity (Wildman–Crippen MR) is 116 cm³/mol. The normalized spacial score (nSPS) is 21.7. The summed E-state index contributed by atoms with van der Waals surface area (Å²) in [6.07, 6.45) is 4.63. The zero-order chi connectivity index (χ0) is 19.7. The maximum Gasteiger partial charge on any atom is 0.315 e. The Kier molecular flexibility index (Phi) is 4.92. The second-order valence-electron chi connectivity index (χ2n) is 8.81. The van der Waals surface area contributed by atoms with Crippen LogP contribution in [0.4, 0.5) is 10.5 Å². The van der Waals surface area contributed by atoms with Gasteiger partial charge in [0.05, 0.1) is 0 Å². The van der Waals surface area contributed by atoms with Crippen LogP contribution in [0.25, 0.3) is 0 Å². The SMILES string of the molecule is O=C(NCc1ccc(CN2CCc3ccccc32)cc1)NC1CC12CCNCC2. The highest BCUT2D eigenvalue weighted by Gasteiger charge is 2.54. The van der Waals surface area contributed by atoms with Crippen LogP contribution >= 0.6 is 0 Å². The molecule has 2 heterocycles. The number of urea groups is 1. The van der Waals surface area contributed by atoms with Gasteiger partial charge in [-0.25, -0.2) is 4.79 Å². The van der Waals surface area contributed by atoms with Crippen molar-refractivity contribution >= 4 is 11.7 Å². The molecule has 2 amide bonds. The third-order valence-corrected chi connectivity index (χ3v) is 6.93. The lowest BCUT2D eigenvalue weighted by Crippen LogP contribution is -2.40. The number of carbonyl (C=O) groups is 1. The quantitative estimate of drug-likeness (QED) is 0.735. The van der Waals surface area contributed by atoms with Crippen LogP contribution in [0, 0.1) is 5.41 Å². The highest BCUT2D eigenvalue weighted by atomic mass is 16.2. The van der Waals surface area contributed by atoms with Crippen molar-refractivity contribution in [1.29, 1.82) is 0 Å². The summed E-state index contributed by atoms with van der Waals surface area (Å²) in [5.74, 6) is 0. The van der Waals surface area contributed by atoms with Crippen LogP contribution in [0.3, 0.4) is 0 Å². The molecule has 29 heavy (non-hydrogen) atoms. The van der Waals surface area contributed by atoms with Crippen LogP contribution in [-0.2, 0) is 19.5 Å². The van der Waals surface area contributed by atoms with Crippen molar-refractivity contribution in [3.05, 3.63) is 65.2 Å². The molecule has 2 aromatic carbocycles. The van der Waals surface area contributed by atoms with Crippen LogP contribution in [0.2, 0.25) is 0 Å². The fourth-order valence-corrected chi connectivity index (χ4v) is 4.97. The highest BCUT2D eigenvalue weighted by Crippen LogP contribution is 2.52. The number of hydrogen-bond acceptors (Lipinski definition) is 3. The van der Waals surface area contributed by atoms with Crippen LogP contribution in [0.15, 0.2) is 48.5 Å². The van der Waals surface area contributed by atoms with Gasteiger partial charge in [0.15, 0.2) is 0 Å². The second-order valence-corrected chi connectivity index (χ2v) is 8.81. The lowest BCUT2D eigenvalue weighted by molar-refractivity contribution is 0.236. The molecule has 0 radical (unpaired) electrons. The van der Waals surface area contributed by atoms with Crippen LogP contribution in [0.1, 0.15) is 36.0 Å².